The van der Waals surface area contributed by atoms with Crippen LogP contribution in [0.1, 0.15) is 10.7 Å². The quantitative estimate of drug-likeness (QED) is 0.761. The molecule has 1 aromatic heterocycles. The molecule has 0 radical (unpaired) electrons. The van der Waals surface area contributed by atoms with E-state index in [2.05, 4.69) is 14.7 Å². The number of rotatable bonds is 2. The van der Waals surface area contributed by atoms with Crippen LogP contribution in [0, 0.1) is 0 Å². The standard InChI is InChI=1S/C9H4Cl2N2O2/c10-6-1-5(2-7(11)3-6)9-12-8(4-14)15-13-9/h1-4H. The molecule has 0 aliphatic heterocycles. The van der Waals surface area contributed by atoms with Gasteiger partial charge in [0, 0.05) is 15.6 Å². The van der Waals surface area contributed by atoms with Crippen molar-refractivity contribution in [2.24, 2.45) is 0 Å². The lowest BCUT2D eigenvalue weighted by molar-refractivity contribution is 0.108. The molecule has 1 aromatic carbocycles. The van der Waals surface area contributed by atoms with Gasteiger partial charge in [0.2, 0.25) is 12.1 Å². The highest BCUT2D eigenvalue weighted by Crippen LogP contribution is 2.25. The SMILES string of the molecule is O=Cc1nc(-c2cc(Cl)cc(Cl)c2)no1. The third kappa shape index (κ3) is 2.16. The molecule has 0 saturated heterocycles. The van der Waals surface area contributed by atoms with Gasteiger partial charge in [0.15, 0.2) is 0 Å². The lowest BCUT2D eigenvalue weighted by atomic mass is 10.2. The number of nitrogens with zero attached hydrogens (tertiary/aromatic N) is 2. The molecular formula is C9H4Cl2N2O2. The first-order valence-electron chi connectivity index (χ1n) is 3.94. The van der Waals surface area contributed by atoms with Gasteiger partial charge in [-0.25, -0.2) is 0 Å². The van der Waals surface area contributed by atoms with Gasteiger partial charge in [0.1, 0.15) is 0 Å². The zero-order valence-electron chi connectivity index (χ0n) is 7.28. The van der Waals surface area contributed by atoms with Gasteiger partial charge in [-0.1, -0.05) is 28.4 Å². The summed E-state index contributed by atoms with van der Waals surface area (Å²) in [6.07, 6.45) is 0.475. The van der Waals surface area contributed by atoms with E-state index in [1.165, 1.54) is 0 Å². The van der Waals surface area contributed by atoms with Crippen molar-refractivity contribution in [2.75, 3.05) is 0 Å². The molecule has 76 valence electrons. The minimum Gasteiger partial charge on any atom is -0.331 e. The zero-order chi connectivity index (χ0) is 10.8. The van der Waals surface area contributed by atoms with Crippen molar-refractivity contribution in [1.82, 2.24) is 10.1 Å². The molecule has 0 aliphatic rings. The topological polar surface area (TPSA) is 56.0 Å². The summed E-state index contributed by atoms with van der Waals surface area (Å²) in [5, 5.41) is 4.54. The molecular weight excluding hydrogens is 239 g/mol. The van der Waals surface area contributed by atoms with Crippen LogP contribution in [0.25, 0.3) is 11.4 Å². The average Bonchev–Trinajstić information content (AvgIpc) is 2.64. The zero-order valence-corrected chi connectivity index (χ0v) is 8.79. The Morgan fingerprint density at radius 1 is 1.20 bits per heavy atom. The molecule has 0 amide bonds. The van der Waals surface area contributed by atoms with E-state index in [4.69, 9.17) is 23.2 Å². The Kier molecular flexibility index (Phi) is 2.70. The summed E-state index contributed by atoms with van der Waals surface area (Å²) >= 11 is 11.6. The summed E-state index contributed by atoms with van der Waals surface area (Å²) in [7, 11) is 0. The first kappa shape index (κ1) is 10.1. The van der Waals surface area contributed by atoms with E-state index in [0.29, 0.717) is 21.9 Å². The van der Waals surface area contributed by atoms with Crippen molar-refractivity contribution in [3.05, 3.63) is 34.1 Å². The second-order valence-corrected chi connectivity index (χ2v) is 3.61. The Morgan fingerprint density at radius 3 is 2.40 bits per heavy atom. The molecule has 6 heteroatoms. The van der Waals surface area contributed by atoms with Crippen LogP contribution in [0.2, 0.25) is 10.0 Å². The number of hydrogen-bond acceptors (Lipinski definition) is 4. The predicted octanol–water partition coefficient (Wildman–Crippen LogP) is 2.86. The second-order valence-electron chi connectivity index (χ2n) is 2.73. The molecule has 0 aliphatic carbocycles. The van der Waals surface area contributed by atoms with Crippen LogP contribution in [-0.2, 0) is 0 Å². The summed E-state index contributed by atoms with van der Waals surface area (Å²) in [4.78, 5) is 14.2. The maximum absolute atomic E-state index is 10.3. The third-order valence-electron chi connectivity index (χ3n) is 1.66. The highest BCUT2D eigenvalue weighted by molar-refractivity contribution is 6.35. The molecule has 0 unspecified atom stereocenters. The van der Waals surface area contributed by atoms with Gasteiger partial charge in [-0.05, 0) is 18.2 Å². The first-order chi connectivity index (χ1) is 7.19. The highest BCUT2D eigenvalue weighted by Gasteiger charge is 2.08. The lowest BCUT2D eigenvalue weighted by Gasteiger charge is -1.96. The first-order valence-corrected chi connectivity index (χ1v) is 4.70. The number of aromatic nitrogens is 2. The molecule has 0 atom stereocenters. The Balaban J connectivity index is 2.48. The maximum Gasteiger partial charge on any atom is 0.291 e. The van der Waals surface area contributed by atoms with E-state index in [1.807, 2.05) is 0 Å². The minimum atomic E-state index is -0.0823. The van der Waals surface area contributed by atoms with E-state index in [0.717, 1.165) is 0 Å². The van der Waals surface area contributed by atoms with Gasteiger partial charge in [-0.2, -0.15) is 4.98 Å². The largest absolute Gasteiger partial charge is 0.331 e. The fourth-order valence-electron chi connectivity index (χ4n) is 1.08. The van der Waals surface area contributed by atoms with Gasteiger partial charge in [-0.3, -0.25) is 4.79 Å². The molecule has 0 bridgehead atoms. The summed E-state index contributed by atoms with van der Waals surface area (Å²) < 4.78 is 4.63. The van der Waals surface area contributed by atoms with E-state index < -0.39 is 0 Å². The van der Waals surface area contributed by atoms with Crippen LogP contribution in [0.3, 0.4) is 0 Å². The molecule has 0 N–H and O–H groups in total. The van der Waals surface area contributed by atoms with Gasteiger partial charge in [0.05, 0.1) is 0 Å². The molecule has 1 heterocycles. The highest BCUT2D eigenvalue weighted by atomic mass is 35.5. The minimum absolute atomic E-state index is 0.0823. The summed E-state index contributed by atoms with van der Waals surface area (Å²) in [5.41, 5.74) is 0.601. The fraction of sp³-hybridized carbons (Fsp3) is 0. The van der Waals surface area contributed by atoms with E-state index in [-0.39, 0.29) is 11.7 Å². The summed E-state index contributed by atoms with van der Waals surface area (Å²) in [6.45, 7) is 0. The number of benzene rings is 1. The van der Waals surface area contributed by atoms with Crippen LogP contribution in [-0.4, -0.2) is 16.4 Å². The maximum atomic E-state index is 10.3. The molecule has 0 saturated carbocycles. The van der Waals surface area contributed by atoms with Crippen LogP contribution in [0.5, 0.6) is 0 Å². The van der Waals surface area contributed by atoms with Gasteiger partial charge in [0.25, 0.3) is 5.89 Å². The lowest BCUT2D eigenvalue weighted by Crippen LogP contribution is -1.82. The Hall–Kier alpha value is -1.39. The number of carbonyl (C=O) groups is 1. The summed E-state index contributed by atoms with van der Waals surface area (Å²) in [6, 6.07) is 4.85. The van der Waals surface area contributed by atoms with Crippen molar-refractivity contribution in [3.63, 3.8) is 0 Å². The molecule has 0 fully saturated rings. The van der Waals surface area contributed by atoms with E-state index in [1.54, 1.807) is 18.2 Å². The van der Waals surface area contributed by atoms with Crippen molar-refractivity contribution >= 4 is 29.5 Å². The van der Waals surface area contributed by atoms with Crippen molar-refractivity contribution in [3.8, 4) is 11.4 Å². The van der Waals surface area contributed by atoms with E-state index in [9.17, 15) is 4.79 Å². The fourth-order valence-corrected chi connectivity index (χ4v) is 1.61. The number of carbonyl (C=O) groups excluding carboxylic acids is 1. The molecule has 2 rings (SSSR count). The Bertz CT molecular complexity index is 490. The van der Waals surface area contributed by atoms with Gasteiger partial charge >= 0.3 is 0 Å². The van der Waals surface area contributed by atoms with Gasteiger partial charge < -0.3 is 4.52 Å². The normalized spacial score (nSPS) is 10.3. The monoisotopic (exact) mass is 242 g/mol. The van der Waals surface area contributed by atoms with Crippen LogP contribution in [0.4, 0.5) is 0 Å². The molecule has 2 aromatic rings. The Labute approximate surface area is 94.8 Å². The number of hydrogen-bond donors (Lipinski definition) is 0. The van der Waals surface area contributed by atoms with Gasteiger partial charge in [-0.15, -0.1) is 0 Å². The van der Waals surface area contributed by atoms with Crippen LogP contribution in [0.15, 0.2) is 22.7 Å². The van der Waals surface area contributed by atoms with E-state index >= 15 is 0 Å². The summed E-state index contributed by atoms with van der Waals surface area (Å²) in [5.74, 6) is 0.197. The van der Waals surface area contributed by atoms with Crippen molar-refractivity contribution < 1.29 is 9.32 Å². The Morgan fingerprint density at radius 2 is 1.87 bits per heavy atom. The predicted molar refractivity (Wildman–Crippen MR) is 55.1 cm³/mol. The number of aldehydes is 1. The molecule has 0 spiro atoms. The van der Waals surface area contributed by atoms with Crippen LogP contribution >= 0.6 is 23.2 Å². The molecule has 15 heavy (non-hydrogen) atoms. The van der Waals surface area contributed by atoms with Crippen molar-refractivity contribution in [1.29, 1.82) is 0 Å². The number of halogens is 2. The smallest absolute Gasteiger partial charge is 0.291 e. The third-order valence-corrected chi connectivity index (χ3v) is 2.10. The second kappa shape index (κ2) is 4.00. The van der Waals surface area contributed by atoms with Crippen molar-refractivity contribution in [2.45, 2.75) is 0 Å². The average molecular weight is 243 g/mol. The molecule has 4 nitrogen and oxygen atoms in total. The van der Waals surface area contributed by atoms with Crippen LogP contribution < -0.4 is 0 Å².